The minimum atomic E-state index is -0.466. The minimum Gasteiger partial charge on any atom is -0.496 e. The summed E-state index contributed by atoms with van der Waals surface area (Å²) in [5.74, 6) is 0.710. The molecule has 0 aliphatic carbocycles. The molecule has 0 aromatic heterocycles. The molecule has 1 unspecified atom stereocenters. The molecular weight excluding hydrogens is 176 g/mol. The van der Waals surface area contributed by atoms with Gasteiger partial charge in [0.25, 0.3) is 0 Å². The highest BCUT2D eigenvalue weighted by atomic mass is 16.5. The molecule has 0 saturated carbocycles. The van der Waals surface area contributed by atoms with E-state index in [4.69, 9.17) is 4.74 Å². The fourth-order valence-electron chi connectivity index (χ4n) is 1.27. The molecule has 0 aliphatic rings. The zero-order valence-electron chi connectivity index (χ0n) is 10.1. The molecule has 2 heteroatoms. The van der Waals surface area contributed by atoms with Crippen LogP contribution in [-0.4, -0.2) is 17.8 Å². The van der Waals surface area contributed by atoms with Crippen LogP contribution in [0.5, 0.6) is 0 Å². The normalized spacial score (nSPS) is 15.4. The predicted molar refractivity (Wildman–Crippen MR) is 60.1 cm³/mol. The molecule has 0 aromatic rings. The summed E-state index contributed by atoms with van der Waals surface area (Å²) < 4.78 is 5.46. The lowest BCUT2D eigenvalue weighted by Crippen LogP contribution is -2.21. The first-order valence-electron chi connectivity index (χ1n) is 5.37. The Morgan fingerprint density at radius 3 is 2.36 bits per heavy atom. The number of aliphatic hydroxyl groups excluding tert-OH is 1. The van der Waals surface area contributed by atoms with Crippen LogP contribution in [0.3, 0.4) is 0 Å². The Hall–Kier alpha value is -0.500. The van der Waals surface area contributed by atoms with Crippen LogP contribution in [0.4, 0.5) is 0 Å². The summed E-state index contributed by atoms with van der Waals surface area (Å²) in [5, 5.41) is 9.88. The van der Waals surface area contributed by atoms with Gasteiger partial charge >= 0.3 is 0 Å². The van der Waals surface area contributed by atoms with Gasteiger partial charge in [0.05, 0.1) is 6.61 Å². The molecule has 0 amide bonds. The number of ether oxygens (including phenoxy) is 1. The molecule has 0 saturated heterocycles. The molecule has 14 heavy (non-hydrogen) atoms. The Morgan fingerprint density at radius 2 is 2.00 bits per heavy atom. The van der Waals surface area contributed by atoms with Gasteiger partial charge in [-0.1, -0.05) is 27.7 Å². The number of rotatable bonds is 5. The van der Waals surface area contributed by atoms with Gasteiger partial charge in [-0.25, -0.2) is 0 Å². The molecule has 1 atom stereocenters. The van der Waals surface area contributed by atoms with Crippen molar-refractivity contribution < 1.29 is 9.84 Å². The van der Waals surface area contributed by atoms with Crippen molar-refractivity contribution in [3.63, 3.8) is 0 Å². The average Bonchev–Trinajstić information content (AvgIpc) is 2.02. The monoisotopic (exact) mass is 200 g/mol. The summed E-state index contributed by atoms with van der Waals surface area (Å²) >= 11 is 0. The van der Waals surface area contributed by atoms with Crippen molar-refractivity contribution in [3.8, 4) is 0 Å². The van der Waals surface area contributed by atoms with Crippen LogP contribution in [0.15, 0.2) is 11.8 Å². The molecule has 0 spiro atoms. The summed E-state index contributed by atoms with van der Waals surface area (Å²) in [6.07, 6.45) is 3.09. The Balaban J connectivity index is 4.12. The predicted octanol–water partition coefficient (Wildman–Crippen LogP) is 3.11. The van der Waals surface area contributed by atoms with Gasteiger partial charge in [-0.15, -0.1) is 0 Å². The maximum atomic E-state index is 9.88. The fourth-order valence-corrected chi connectivity index (χ4v) is 1.27. The van der Waals surface area contributed by atoms with E-state index in [1.54, 1.807) is 0 Å². The van der Waals surface area contributed by atoms with E-state index >= 15 is 0 Å². The number of allylic oxidation sites excluding steroid dienone is 1. The first-order valence-corrected chi connectivity index (χ1v) is 5.37. The zero-order chi connectivity index (χ0) is 11.2. The molecule has 0 aromatic carbocycles. The van der Waals surface area contributed by atoms with E-state index in [0.29, 0.717) is 12.4 Å². The second-order valence-corrected chi connectivity index (χ2v) is 4.82. The van der Waals surface area contributed by atoms with Crippen LogP contribution in [0.25, 0.3) is 0 Å². The average molecular weight is 200 g/mol. The molecule has 0 heterocycles. The molecule has 0 fully saturated rings. The van der Waals surface area contributed by atoms with Gasteiger partial charge in [0.15, 0.2) is 0 Å². The van der Waals surface area contributed by atoms with E-state index in [2.05, 4.69) is 27.7 Å². The lowest BCUT2D eigenvalue weighted by molar-refractivity contribution is 0.0734. The van der Waals surface area contributed by atoms with Crippen LogP contribution in [0.1, 0.15) is 47.5 Å². The fraction of sp³-hybridized carbons (Fsp3) is 0.833. The molecular formula is C12H24O2. The van der Waals surface area contributed by atoms with Crippen LogP contribution in [-0.2, 0) is 4.74 Å². The van der Waals surface area contributed by atoms with Crippen molar-refractivity contribution in [1.29, 1.82) is 0 Å². The van der Waals surface area contributed by atoms with Crippen molar-refractivity contribution in [2.24, 2.45) is 5.41 Å². The van der Waals surface area contributed by atoms with Crippen LogP contribution in [0.2, 0.25) is 0 Å². The smallest absolute Gasteiger partial charge is 0.120 e. The van der Waals surface area contributed by atoms with E-state index in [1.807, 2.05) is 13.0 Å². The van der Waals surface area contributed by atoms with Gasteiger partial charge in [0.1, 0.15) is 11.9 Å². The van der Waals surface area contributed by atoms with E-state index < -0.39 is 6.10 Å². The second kappa shape index (κ2) is 6.07. The van der Waals surface area contributed by atoms with Crippen LogP contribution >= 0.6 is 0 Å². The quantitative estimate of drug-likeness (QED) is 0.691. The maximum absolute atomic E-state index is 9.88. The van der Waals surface area contributed by atoms with E-state index in [-0.39, 0.29) is 5.41 Å². The topological polar surface area (TPSA) is 29.5 Å². The molecule has 2 nitrogen and oxygen atoms in total. The third-order valence-corrected chi connectivity index (χ3v) is 1.89. The first kappa shape index (κ1) is 13.5. The van der Waals surface area contributed by atoms with Crippen LogP contribution < -0.4 is 0 Å². The van der Waals surface area contributed by atoms with Crippen LogP contribution in [0, 0.1) is 5.41 Å². The summed E-state index contributed by atoms with van der Waals surface area (Å²) in [7, 11) is 0. The summed E-state index contributed by atoms with van der Waals surface area (Å²) in [5.41, 5.74) is 0.128. The van der Waals surface area contributed by atoms with Crippen molar-refractivity contribution in [1.82, 2.24) is 0 Å². The van der Waals surface area contributed by atoms with Crippen molar-refractivity contribution >= 4 is 0 Å². The SMILES string of the molecule is C/C=C(\OCCC)C(O)CC(C)(C)C. The van der Waals surface area contributed by atoms with E-state index in [9.17, 15) is 5.11 Å². The highest BCUT2D eigenvalue weighted by Crippen LogP contribution is 2.24. The summed E-state index contributed by atoms with van der Waals surface area (Å²) in [6, 6.07) is 0. The largest absolute Gasteiger partial charge is 0.496 e. The second-order valence-electron chi connectivity index (χ2n) is 4.82. The Labute approximate surface area is 88.0 Å². The van der Waals surface area contributed by atoms with Crippen molar-refractivity contribution in [2.45, 2.75) is 53.6 Å². The Morgan fingerprint density at radius 1 is 1.43 bits per heavy atom. The molecule has 0 radical (unpaired) electrons. The van der Waals surface area contributed by atoms with Gasteiger partial charge in [-0.3, -0.25) is 0 Å². The molecule has 84 valence electrons. The van der Waals surface area contributed by atoms with E-state index in [1.165, 1.54) is 0 Å². The lowest BCUT2D eigenvalue weighted by Gasteiger charge is -2.24. The maximum Gasteiger partial charge on any atom is 0.120 e. The number of hydrogen-bond donors (Lipinski definition) is 1. The van der Waals surface area contributed by atoms with Gasteiger partial charge in [-0.05, 0) is 31.3 Å². The highest BCUT2D eigenvalue weighted by molar-refractivity contribution is 4.99. The van der Waals surface area contributed by atoms with Crippen molar-refractivity contribution in [2.75, 3.05) is 6.61 Å². The third-order valence-electron chi connectivity index (χ3n) is 1.89. The minimum absolute atomic E-state index is 0.128. The summed E-state index contributed by atoms with van der Waals surface area (Å²) in [6.45, 7) is 11.0. The van der Waals surface area contributed by atoms with Crippen molar-refractivity contribution in [3.05, 3.63) is 11.8 Å². The molecule has 0 rings (SSSR count). The zero-order valence-corrected chi connectivity index (χ0v) is 10.1. The van der Waals surface area contributed by atoms with E-state index in [0.717, 1.165) is 12.8 Å². The number of hydrogen-bond acceptors (Lipinski definition) is 2. The Kier molecular flexibility index (Phi) is 5.86. The molecule has 1 N–H and O–H groups in total. The Bertz CT molecular complexity index is 177. The third kappa shape index (κ3) is 6.03. The lowest BCUT2D eigenvalue weighted by atomic mass is 9.88. The first-order chi connectivity index (χ1) is 6.40. The number of aliphatic hydroxyl groups is 1. The van der Waals surface area contributed by atoms with Gasteiger partial charge in [0.2, 0.25) is 0 Å². The van der Waals surface area contributed by atoms with Gasteiger partial charge < -0.3 is 9.84 Å². The molecule has 0 bridgehead atoms. The molecule has 0 aliphatic heterocycles. The highest BCUT2D eigenvalue weighted by Gasteiger charge is 2.20. The van der Waals surface area contributed by atoms with Gasteiger partial charge in [-0.2, -0.15) is 0 Å². The standard InChI is InChI=1S/C12H24O2/c1-6-8-14-11(7-2)10(13)9-12(3,4)5/h7,10,13H,6,8-9H2,1-5H3/b11-7-. The summed E-state index contributed by atoms with van der Waals surface area (Å²) in [4.78, 5) is 0. The van der Waals surface area contributed by atoms with Gasteiger partial charge in [0, 0.05) is 0 Å².